The Morgan fingerprint density at radius 2 is 1.92 bits per heavy atom. The average molecular weight is 353 g/mol. The van der Waals surface area contributed by atoms with Crippen molar-refractivity contribution in [2.75, 3.05) is 6.61 Å². The molecule has 2 aromatic rings. The summed E-state index contributed by atoms with van der Waals surface area (Å²) < 4.78 is 5.12. The first kappa shape index (κ1) is 17.7. The maximum absolute atomic E-state index is 12.1. The van der Waals surface area contributed by atoms with Gasteiger partial charge in [-0.1, -0.05) is 43.5 Å². The Kier molecular flexibility index (Phi) is 5.55. The van der Waals surface area contributed by atoms with Gasteiger partial charge in [-0.25, -0.2) is 4.79 Å². The van der Waals surface area contributed by atoms with Crippen molar-refractivity contribution in [3.63, 3.8) is 0 Å². The van der Waals surface area contributed by atoms with Crippen molar-refractivity contribution in [1.29, 1.82) is 5.26 Å². The molecule has 0 atom stereocenters. The van der Waals surface area contributed by atoms with Crippen molar-refractivity contribution in [3.8, 4) is 16.5 Å². The van der Waals surface area contributed by atoms with Gasteiger partial charge in [-0.05, 0) is 49.3 Å². The number of carbonyl (C=O) groups is 1. The number of hydrogen-bond acceptors (Lipinski definition) is 4. The van der Waals surface area contributed by atoms with Crippen LogP contribution in [0.25, 0.3) is 10.4 Å². The van der Waals surface area contributed by atoms with E-state index < -0.39 is 0 Å². The number of hydrogen-bond donors (Lipinski definition) is 0. The molecule has 1 aromatic heterocycles. The van der Waals surface area contributed by atoms with E-state index in [-0.39, 0.29) is 5.97 Å². The highest BCUT2D eigenvalue weighted by molar-refractivity contribution is 7.17. The normalized spacial score (nSPS) is 14.9. The molecular formula is C21H23NO2S. The molecule has 3 rings (SSSR count). The minimum Gasteiger partial charge on any atom is -0.462 e. The van der Waals surface area contributed by atoms with Crippen molar-refractivity contribution in [2.45, 2.75) is 51.9 Å². The minimum absolute atomic E-state index is 0.337. The maximum atomic E-state index is 12.1. The predicted octanol–water partition coefficient (Wildman–Crippen LogP) is 5.82. The number of thiophene rings is 1. The molecule has 1 fully saturated rings. The summed E-state index contributed by atoms with van der Waals surface area (Å²) in [5.74, 6) is 0.324. The number of rotatable bonds is 4. The van der Waals surface area contributed by atoms with Crippen molar-refractivity contribution in [2.24, 2.45) is 0 Å². The molecule has 4 heteroatoms. The quantitative estimate of drug-likeness (QED) is 0.651. The van der Waals surface area contributed by atoms with Crippen LogP contribution in [0.2, 0.25) is 0 Å². The molecule has 0 amide bonds. The van der Waals surface area contributed by atoms with E-state index in [0.717, 1.165) is 16.0 Å². The van der Waals surface area contributed by atoms with Crippen molar-refractivity contribution in [3.05, 3.63) is 45.8 Å². The lowest BCUT2D eigenvalue weighted by atomic mass is 9.84. The van der Waals surface area contributed by atoms with Crippen LogP contribution in [-0.2, 0) is 4.74 Å². The highest BCUT2D eigenvalue weighted by Crippen LogP contribution is 2.38. The molecule has 0 radical (unpaired) electrons. The van der Waals surface area contributed by atoms with Crippen LogP contribution in [0.1, 0.15) is 71.3 Å². The second-order valence-corrected chi connectivity index (χ2v) is 7.57. The predicted molar refractivity (Wildman–Crippen MR) is 101 cm³/mol. The topological polar surface area (TPSA) is 50.1 Å². The fourth-order valence-electron chi connectivity index (χ4n) is 3.59. The third-order valence-electron chi connectivity index (χ3n) is 4.97. The van der Waals surface area contributed by atoms with Crippen LogP contribution in [0.15, 0.2) is 24.3 Å². The van der Waals surface area contributed by atoms with Crippen LogP contribution in [0, 0.1) is 18.3 Å². The molecule has 3 nitrogen and oxygen atoms in total. The fourth-order valence-corrected chi connectivity index (χ4v) is 4.74. The smallest absolute Gasteiger partial charge is 0.348 e. The summed E-state index contributed by atoms with van der Waals surface area (Å²) in [4.78, 5) is 13.5. The lowest BCUT2D eigenvalue weighted by Crippen LogP contribution is -2.04. The van der Waals surface area contributed by atoms with E-state index >= 15 is 0 Å². The molecule has 25 heavy (non-hydrogen) atoms. The molecule has 0 bridgehead atoms. The van der Waals surface area contributed by atoms with Gasteiger partial charge >= 0.3 is 5.97 Å². The Hall–Kier alpha value is -2.12. The van der Waals surface area contributed by atoms with Crippen LogP contribution < -0.4 is 0 Å². The first-order valence-electron chi connectivity index (χ1n) is 8.96. The molecule has 1 aromatic carbocycles. The Labute approximate surface area is 153 Å². The molecule has 1 aliphatic rings. The standard InChI is InChI=1S/C21H23NO2S/c1-3-24-21(23)19-14(2)18(13-22)20(25-19)17-11-9-16(10-12-17)15-7-5-4-6-8-15/h9-12,15H,3-8H2,1-2H3. The van der Waals surface area contributed by atoms with Gasteiger partial charge in [-0.15, -0.1) is 11.3 Å². The molecule has 1 aliphatic carbocycles. The SMILES string of the molecule is CCOC(=O)c1sc(-c2ccc(C3CCCCC3)cc2)c(C#N)c1C. The summed E-state index contributed by atoms with van der Waals surface area (Å²) >= 11 is 1.36. The second kappa shape index (κ2) is 7.84. The summed E-state index contributed by atoms with van der Waals surface area (Å²) in [6.45, 7) is 3.95. The third kappa shape index (κ3) is 3.62. The van der Waals surface area contributed by atoms with Crippen LogP contribution in [-0.4, -0.2) is 12.6 Å². The number of nitrogens with zero attached hydrogens (tertiary/aromatic N) is 1. The zero-order valence-electron chi connectivity index (χ0n) is 14.8. The largest absolute Gasteiger partial charge is 0.462 e. The van der Waals surface area contributed by atoms with Gasteiger partial charge in [0.15, 0.2) is 0 Å². The van der Waals surface area contributed by atoms with E-state index in [1.165, 1.54) is 49.0 Å². The summed E-state index contributed by atoms with van der Waals surface area (Å²) in [5, 5.41) is 9.55. The highest BCUT2D eigenvalue weighted by atomic mass is 32.1. The first-order valence-corrected chi connectivity index (χ1v) is 9.78. The van der Waals surface area contributed by atoms with Gasteiger partial charge in [-0.3, -0.25) is 0 Å². The van der Waals surface area contributed by atoms with Gasteiger partial charge in [0, 0.05) is 0 Å². The molecule has 0 spiro atoms. The van der Waals surface area contributed by atoms with Gasteiger partial charge in [-0.2, -0.15) is 5.26 Å². The molecule has 0 unspecified atom stereocenters. The fraction of sp³-hybridized carbons (Fsp3) is 0.429. The Bertz CT molecular complexity index is 793. The minimum atomic E-state index is -0.341. The first-order chi connectivity index (χ1) is 12.2. The zero-order valence-corrected chi connectivity index (χ0v) is 15.6. The van der Waals surface area contributed by atoms with Gasteiger partial charge in [0.05, 0.1) is 17.0 Å². The van der Waals surface area contributed by atoms with E-state index in [4.69, 9.17) is 4.74 Å². The van der Waals surface area contributed by atoms with Gasteiger partial charge in [0.1, 0.15) is 10.9 Å². The zero-order chi connectivity index (χ0) is 17.8. The molecule has 1 heterocycles. The van der Waals surface area contributed by atoms with Gasteiger partial charge < -0.3 is 4.74 Å². The summed E-state index contributed by atoms with van der Waals surface area (Å²) in [6, 6.07) is 10.8. The third-order valence-corrected chi connectivity index (χ3v) is 6.29. The monoisotopic (exact) mass is 353 g/mol. The molecule has 1 saturated carbocycles. The van der Waals surface area contributed by atoms with Crippen molar-refractivity contribution in [1.82, 2.24) is 0 Å². The molecule has 0 N–H and O–H groups in total. The van der Waals surface area contributed by atoms with E-state index in [2.05, 4.69) is 30.3 Å². The Morgan fingerprint density at radius 3 is 2.52 bits per heavy atom. The van der Waals surface area contributed by atoms with E-state index in [1.807, 2.05) is 6.92 Å². The summed E-state index contributed by atoms with van der Waals surface area (Å²) in [6.07, 6.45) is 6.53. The average Bonchev–Trinajstić information content (AvgIpc) is 2.99. The van der Waals surface area contributed by atoms with Crippen molar-refractivity contribution < 1.29 is 9.53 Å². The maximum Gasteiger partial charge on any atom is 0.348 e. The highest BCUT2D eigenvalue weighted by Gasteiger charge is 2.22. The summed E-state index contributed by atoms with van der Waals surface area (Å²) in [7, 11) is 0. The van der Waals surface area contributed by atoms with Crippen LogP contribution in [0.3, 0.4) is 0 Å². The lowest BCUT2D eigenvalue weighted by Gasteiger charge is -2.22. The molecular weight excluding hydrogens is 330 g/mol. The molecule has 0 aliphatic heterocycles. The molecule has 0 saturated heterocycles. The number of carbonyl (C=O) groups excluding carboxylic acids is 1. The lowest BCUT2D eigenvalue weighted by molar-refractivity contribution is 0.0531. The van der Waals surface area contributed by atoms with Crippen LogP contribution in [0.4, 0.5) is 0 Å². The summed E-state index contributed by atoms with van der Waals surface area (Å²) in [5.41, 5.74) is 3.69. The number of ether oxygens (including phenoxy) is 1. The number of nitriles is 1. The second-order valence-electron chi connectivity index (χ2n) is 6.55. The Morgan fingerprint density at radius 1 is 1.24 bits per heavy atom. The molecule has 130 valence electrons. The van der Waals surface area contributed by atoms with E-state index in [0.29, 0.717) is 23.0 Å². The van der Waals surface area contributed by atoms with Crippen molar-refractivity contribution >= 4 is 17.3 Å². The van der Waals surface area contributed by atoms with Gasteiger partial charge in [0.2, 0.25) is 0 Å². The van der Waals surface area contributed by atoms with E-state index in [1.54, 1.807) is 6.92 Å². The van der Waals surface area contributed by atoms with Crippen LogP contribution >= 0.6 is 11.3 Å². The number of benzene rings is 1. The number of esters is 1. The van der Waals surface area contributed by atoms with E-state index in [9.17, 15) is 10.1 Å². The Balaban J connectivity index is 1.92. The van der Waals surface area contributed by atoms with Gasteiger partial charge in [0.25, 0.3) is 0 Å². The van der Waals surface area contributed by atoms with Crippen LogP contribution in [0.5, 0.6) is 0 Å².